The molecule has 1 aromatic carbocycles. The van der Waals surface area contributed by atoms with Crippen molar-refractivity contribution in [2.75, 3.05) is 5.32 Å². The number of alkyl halides is 3. The minimum atomic E-state index is -4.84. The Hall–Kier alpha value is -2.06. The first-order valence-electron chi connectivity index (χ1n) is 5.81. The quantitative estimate of drug-likeness (QED) is 0.910. The van der Waals surface area contributed by atoms with Gasteiger partial charge in [0.2, 0.25) is 5.91 Å². The van der Waals surface area contributed by atoms with Gasteiger partial charge in [0, 0.05) is 4.88 Å². The highest BCUT2D eigenvalue weighted by Crippen LogP contribution is 2.30. The normalized spacial score (nSPS) is 12.8. The summed E-state index contributed by atoms with van der Waals surface area (Å²) >= 11 is 1.29. The molecule has 0 bridgehead atoms. The molecule has 0 aliphatic heterocycles. The van der Waals surface area contributed by atoms with Crippen molar-refractivity contribution in [2.24, 2.45) is 5.73 Å². The second kappa shape index (κ2) is 6.15. The van der Waals surface area contributed by atoms with Gasteiger partial charge < -0.3 is 15.8 Å². The van der Waals surface area contributed by atoms with Crippen LogP contribution in [-0.4, -0.2) is 12.3 Å². The lowest BCUT2D eigenvalue weighted by Gasteiger charge is -2.15. The molecule has 0 fully saturated rings. The number of hydrogen-bond acceptors (Lipinski definition) is 4. The summed E-state index contributed by atoms with van der Waals surface area (Å²) in [5.74, 6) is -1.10. The molecule has 0 radical (unpaired) electrons. The number of rotatable bonds is 4. The van der Waals surface area contributed by atoms with Gasteiger partial charge in [0.05, 0.1) is 5.69 Å². The zero-order chi connectivity index (χ0) is 15.5. The Kier molecular flexibility index (Phi) is 4.49. The number of anilines is 1. The predicted octanol–water partition coefficient (Wildman–Crippen LogP) is 3.29. The van der Waals surface area contributed by atoms with Crippen LogP contribution >= 0.6 is 11.3 Å². The van der Waals surface area contributed by atoms with Crippen LogP contribution in [0.5, 0.6) is 5.75 Å². The summed E-state index contributed by atoms with van der Waals surface area (Å²) in [6.45, 7) is 0. The number of nitrogens with two attached hydrogens (primary N) is 1. The number of para-hydroxylation sites is 2. The molecule has 0 spiro atoms. The van der Waals surface area contributed by atoms with E-state index in [2.05, 4.69) is 10.1 Å². The van der Waals surface area contributed by atoms with Crippen LogP contribution in [0.15, 0.2) is 41.8 Å². The van der Waals surface area contributed by atoms with Crippen LogP contribution in [0.2, 0.25) is 0 Å². The van der Waals surface area contributed by atoms with Gasteiger partial charge in [-0.15, -0.1) is 24.5 Å². The molecule has 21 heavy (non-hydrogen) atoms. The Morgan fingerprint density at radius 1 is 1.24 bits per heavy atom. The first kappa shape index (κ1) is 15.3. The molecule has 0 saturated carbocycles. The molecule has 0 aliphatic rings. The third-order valence-electron chi connectivity index (χ3n) is 2.50. The topological polar surface area (TPSA) is 64.4 Å². The zero-order valence-corrected chi connectivity index (χ0v) is 11.4. The molecule has 0 saturated heterocycles. The predicted molar refractivity (Wildman–Crippen MR) is 73.0 cm³/mol. The molecule has 4 nitrogen and oxygen atoms in total. The minimum absolute atomic E-state index is 0.0909. The lowest BCUT2D eigenvalue weighted by molar-refractivity contribution is -0.274. The van der Waals surface area contributed by atoms with Crippen LogP contribution in [0, 0.1) is 0 Å². The van der Waals surface area contributed by atoms with Crippen LogP contribution in [0.1, 0.15) is 10.9 Å². The van der Waals surface area contributed by atoms with Gasteiger partial charge in [0.1, 0.15) is 6.04 Å². The molecular formula is C13H11F3N2O2S. The Balaban J connectivity index is 2.14. The van der Waals surface area contributed by atoms with Gasteiger partial charge in [-0.3, -0.25) is 4.79 Å². The summed E-state index contributed by atoms with van der Waals surface area (Å²) in [7, 11) is 0. The van der Waals surface area contributed by atoms with Crippen molar-refractivity contribution in [3.63, 3.8) is 0 Å². The molecule has 2 rings (SSSR count). The van der Waals surface area contributed by atoms with E-state index in [0.717, 1.165) is 6.07 Å². The maximum Gasteiger partial charge on any atom is 0.573 e. The lowest BCUT2D eigenvalue weighted by Crippen LogP contribution is -2.27. The third-order valence-corrected chi connectivity index (χ3v) is 3.46. The monoisotopic (exact) mass is 316 g/mol. The first-order valence-corrected chi connectivity index (χ1v) is 6.69. The maximum atomic E-state index is 12.3. The number of benzene rings is 1. The van der Waals surface area contributed by atoms with Crippen LogP contribution in [0.25, 0.3) is 0 Å². The zero-order valence-electron chi connectivity index (χ0n) is 10.6. The van der Waals surface area contributed by atoms with Crippen molar-refractivity contribution in [1.82, 2.24) is 0 Å². The third kappa shape index (κ3) is 4.20. The van der Waals surface area contributed by atoms with E-state index in [9.17, 15) is 18.0 Å². The summed E-state index contributed by atoms with van der Waals surface area (Å²) in [5, 5.41) is 4.09. The molecule has 1 unspecified atom stereocenters. The van der Waals surface area contributed by atoms with Crippen molar-refractivity contribution < 1.29 is 22.7 Å². The number of hydrogen-bond donors (Lipinski definition) is 2. The summed E-state index contributed by atoms with van der Waals surface area (Å²) in [6.07, 6.45) is -4.84. The van der Waals surface area contributed by atoms with E-state index in [0.29, 0.717) is 4.88 Å². The van der Waals surface area contributed by atoms with Crippen LogP contribution < -0.4 is 15.8 Å². The van der Waals surface area contributed by atoms with Crippen molar-refractivity contribution >= 4 is 22.9 Å². The first-order chi connectivity index (χ1) is 9.87. The minimum Gasteiger partial charge on any atom is -0.404 e. The molecule has 1 atom stereocenters. The van der Waals surface area contributed by atoms with E-state index in [-0.39, 0.29) is 5.69 Å². The van der Waals surface area contributed by atoms with Crippen LogP contribution in [0.3, 0.4) is 0 Å². The van der Waals surface area contributed by atoms with Crippen LogP contribution in [-0.2, 0) is 4.79 Å². The Morgan fingerprint density at radius 3 is 2.57 bits per heavy atom. The van der Waals surface area contributed by atoms with Crippen molar-refractivity contribution in [3.8, 4) is 5.75 Å². The number of nitrogens with one attached hydrogen (secondary N) is 1. The van der Waals surface area contributed by atoms with E-state index in [1.54, 1.807) is 17.5 Å². The van der Waals surface area contributed by atoms with Gasteiger partial charge in [-0.25, -0.2) is 0 Å². The Bertz CT molecular complexity index is 614. The van der Waals surface area contributed by atoms with E-state index < -0.39 is 24.1 Å². The van der Waals surface area contributed by atoms with Gasteiger partial charge in [-0.05, 0) is 23.6 Å². The highest BCUT2D eigenvalue weighted by molar-refractivity contribution is 7.10. The highest BCUT2D eigenvalue weighted by atomic mass is 32.1. The number of carbonyl (C=O) groups excluding carboxylic acids is 1. The SMILES string of the molecule is NC(C(=O)Nc1ccccc1OC(F)(F)F)c1cccs1. The fourth-order valence-electron chi connectivity index (χ4n) is 1.59. The number of halogens is 3. The van der Waals surface area contributed by atoms with Crippen molar-refractivity contribution in [1.29, 1.82) is 0 Å². The van der Waals surface area contributed by atoms with E-state index in [1.165, 1.54) is 29.5 Å². The standard InChI is InChI=1S/C13H11F3N2O2S/c14-13(15,16)20-9-5-2-1-4-8(9)18-12(19)11(17)10-6-3-7-21-10/h1-7,11H,17H2,(H,18,19). The average Bonchev–Trinajstić information content (AvgIpc) is 2.92. The van der Waals surface area contributed by atoms with Crippen molar-refractivity contribution in [2.45, 2.75) is 12.4 Å². The summed E-state index contributed by atoms with van der Waals surface area (Å²) in [4.78, 5) is 12.6. The summed E-state index contributed by atoms with van der Waals surface area (Å²) in [6, 6.07) is 7.72. The molecule has 8 heteroatoms. The van der Waals surface area contributed by atoms with Gasteiger partial charge in [0.25, 0.3) is 0 Å². The van der Waals surface area contributed by atoms with E-state index in [1.807, 2.05) is 0 Å². The van der Waals surface area contributed by atoms with E-state index in [4.69, 9.17) is 5.73 Å². The van der Waals surface area contributed by atoms with Gasteiger partial charge in [0.15, 0.2) is 5.75 Å². The van der Waals surface area contributed by atoms with E-state index >= 15 is 0 Å². The van der Waals surface area contributed by atoms with Gasteiger partial charge in [-0.1, -0.05) is 18.2 Å². The molecule has 3 N–H and O–H groups in total. The molecule has 112 valence electrons. The second-order valence-corrected chi connectivity index (χ2v) is 5.01. The number of carbonyl (C=O) groups is 1. The summed E-state index contributed by atoms with van der Waals surface area (Å²) < 4.78 is 40.7. The Morgan fingerprint density at radius 2 is 1.95 bits per heavy atom. The fourth-order valence-corrected chi connectivity index (χ4v) is 2.32. The number of thiophene rings is 1. The lowest BCUT2D eigenvalue weighted by atomic mass is 10.2. The average molecular weight is 316 g/mol. The second-order valence-electron chi connectivity index (χ2n) is 4.03. The molecule has 0 aliphatic carbocycles. The molecule has 1 aromatic heterocycles. The Labute approximate surface area is 122 Å². The van der Waals surface area contributed by atoms with Crippen molar-refractivity contribution in [3.05, 3.63) is 46.7 Å². The largest absolute Gasteiger partial charge is 0.573 e. The fraction of sp³-hybridized carbons (Fsp3) is 0.154. The molecule has 1 amide bonds. The maximum absolute atomic E-state index is 12.3. The highest BCUT2D eigenvalue weighted by Gasteiger charge is 2.32. The van der Waals surface area contributed by atoms with Crippen LogP contribution in [0.4, 0.5) is 18.9 Å². The van der Waals surface area contributed by atoms with Gasteiger partial charge in [-0.2, -0.15) is 0 Å². The smallest absolute Gasteiger partial charge is 0.404 e. The number of ether oxygens (including phenoxy) is 1. The molecular weight excluding hydrogens is 305 g/mol. The number of amides is 1. The summed E-state index contributed by atoms with van der Waals surface area (Å²) in [5.41, 5.74) is 5.65. The van der Waals surface area contributed by atoms with Gasteiger partial charge >= 0.3 is 6.36 Å². The molecule has 2 aromatic rings. The molecule has 1 heterocycles.